The lowest BCUT2D eigenvalue weighted by atomic mass is 9.99. The van der Waals surface area contributed by atoms with Gasteiger partial charge in [0.05, 0.1) is 17.3 Å². The van der Waals surface area contributed by atoms with Crippen molar-refractivity contribution in [1.82, 2.24) is 0 Å². The third-order valence-corrected chi connectivity index (χ3v) is 3.50. The van der Waals surface area contributed by atoms with Gasteiger partial charge in [-0.05, 0) is 32.4 Å². The van der Waals surface area contributed by atoms with Crippen molar-refractivity contribution in [2.75, 3.05) is 16.8 Å². The van der Waals surface area contributed by atoms with Crippen molar-refractivity contribution in [2.45, 2.75) is 27.2 Å². The van der Waals surface area contributed by atoms with Crippen molar-refractivity contribution in [3.05, 3.63) is 36.0 Å². The van der Waals surface area contributed by atoms with E-state index in [0.717, 1.165) is 11.4 Å². The first-order valence-corrected chi connectivity index (χ1v) is 6.98. The van der Waals surface area contributed by atoms with Gasteiger partial charge in [0.25, 0.3) is 0 Å². The molecule has 106 valence electrons. The Morgan fingerprint density at radius 3 is 2.65 bits per heavy atom. The summed E-state index contributed by atoms with van der Waals surface area (Å²) in [5, 5.41) is 3.26. The molecule has 0 aromatic heterocycles. The van der Waals surface area contributed by atoms with Crippen molar-refractivity contribution >= 4 is 23.1 Å². The molecule has 0 unspecified atom stereocenters. The van der Waals surface area contributed by atoms with Crippen LogP contribution in [0.25, 0.3) is 0 Å². The lowest BCUT2D eigenvalue weighted by Gasteiger charge is -2.23. The van der Waals surface area contributed by atoms with Crippen LogP contribution < -0.4 is 10.2 Å². The van der Waals surface area contributed by atoms with Crippen molar-refractivity contribution < 1.29 is 9.59 Å². The minimum absolute atomic E-state index is 0.0416. The highest BCUT2D eigenvalue weighted by Gasteiger charge is 2.31. The molecule has 1 aliphatic heterocycles. The van der Waals surface area contributed by atoms with E-state index in [4.69, 9.17) is 0 Å². The first-order chi connectivity index (χ1) is 9.58. The number of anilines is 2. The van der Waals surface area contributed by atoms with Crippen LogP contribution in [0.5, 0.6) is 0 Å². The molecular formula is C16H20N2O2. The highest BCUT2D eigenvalue weighted by atomic mass is 16.2. The summed E-state index contributed by atoms with van der Waals surface area (Å²) >= 11 is 0. The van der Waals surface area contributed by atoms with E-state index in [0.29, 0.717) is 18.7 Å². The van der Waals surface area contributed by atoms with Gasteiger partial charge in [-0.2, -0.15) is 0 Å². The lowest BCUT2D eigenvalue weighted by Crippen LogP contribution is -2.35. The van der Waals surface area contributed by atoms with Gasteiger partial charge in [-0.1, -0.05) is 19.1 Å². The van der Waals surface area contributed by atoms with Crippen LogP contribution in [0.3, 0.4) is 0 Å². The largest absolute Gasteiger partial charge is 0.356 e. The smallest absolute Gasteiger partial charge is 0.236 e. The van der Waals surface area contributed by atoms with Gasteiger partial charge in [-0.15, -0.1) is 0 Å². The molecule has 4 nitrogen and oxygen atoms in total. The Labute approximate surface area is 119 Å². The minimum Gasteiger partial charge on any atom is -0.356 e. The molecule has 1 aliphatic rings. The van der Waals surface area contributed by atoms with Crippen LogP contribution in [0.1, 0.15) is 27.2 Å². The number of hydrogen-bond acceptors (Lipinski definition) is 3. The Kier molecular flexibility index (Phi) is 4.23. The van der Waals surface area contributed by atoms with Gasteiger partial charge in [0.15, 0.2) is 5.78 Å². The molecule has 2 rings (SSSR count). The fraction of sp³-hybridized carbons (Fsp3) is 0.375. The molecule has 1 atom stereocenters. The molecular weight excluding hydrogens is 252 g/mol. The molecule has 0 spiro atoms. The molecule has 1 N–H and O–H groups in total. The van der Waals surface area contributed by atoms with E-state index in [9.17, 15) is 9.59 Å². The van der Waals surface area contributed by atoms with E-state index < -0.39 is 0 Å². The summed E-state index contributed by atoms with van der Waals surface area (Å²) in [6, 6.07) is 7.68. The number of fused-ring (bicyclic) bond motifs is 1. The lowest BCUT2D eigenvalue weighted by molar-refractivity contribution is -0.121. The number of allylic oxidation sites excluding steroid dienone is 1. The summed E-state index contributed by atoms with van der Waals surface area (Å²) in [7, 11) is 0. The van der Waals surface area contributed by atoms with E-state index in [1.165, 1.54) is 13.0 Å². The average molecular weight is 272 g/mol. The third kappa shape index (κ3) is 2.59. The molecule has 0 bridgehead atoms. The van der Waals surface area contributed by atoms with Crippen LogP contribution in [0.4, 0.5) is 11.4 Å². The zero-order valence-electron chi connectivity index (χ0n) is 12.1. The number of carbonyl (C=O) groups is 2. The van der Waals surface area contributed by atoms with Crippen LogP contribution >= 0.6 is 0 Å². The normalized spacial score (nSPS) is 20.4. The number of amides is 1. The van der Waals surface area contributed by atoms with Gasteiger partial charge < -0.3 is 10.2 Å². The fourth-order valence-electron chi connectivity index (χ4n) is 2.57. The van der Waals surface area contributed by atoms with Crippen molar-refractivity contribution in [1.29, 1.82) is 0 Å². The molecule has 1 heterocycles. The van der Waals surface area contributed by atoms with Crippen molar-refractivity contribution in [2.24, 2.45) is 5.92 Å². The molecule has 0 fully saturated rings. The standard InChI is InChI=1S/C16H20N2O2/c1-4-12-14(10-11(3)19)17-13-8-6-7-9-15(13)18(5-2)16(12)20/h6-10,12,17H,4-5H2,1-3H3/b14-10-/t12-/m1/s1. The van der Waals surface area contributed by atoms with Gasteiger partial charge in [-0.25, -0.2) is 0 Å². The van der Waals surface area contributed by atoms with E-state index in [1.807, 2.05) is 38.1 Å². The zero-order valence-corrected chi connectivity index (χ0v) is 12.1. The van der Waals surface area contributed by atoms with Crippen LogP contribution in [0, 0.1) is 5.92 Å². The maximum Gasteiger partial charge on any atom is 0.236 e. The molecule has 1 aromatic rings. The Hall–Kier alpha value is -2.10. The number of para-hydroxylation sites is 2. The second kappa shape index (κ2) is 5.90. The number of carbonyl (C=O) groups excluding carboxylic acids is 2. The van der Waals surface area contributed by atoms with E-state index in [2.05, 4.69) is 5.32 Å². The molecule has 1 aromatic carbocycles. The predicted octanol–water partition coefficient (Wildman–Crippen LogP) is 2.96. The Morgan fingerprint density at radius 1 is 1.35 bits per heavy atom. The Bertz CT molecular complexity index is 563. The maximum atomic E-state index is 12.7. The van der Waals surface area contributed by atoms with E-state index in [-0.39, 0.29) is 17.6 Å². The van der Waals surface area contributed by atoms with E-state index in [1.54, 1.807) is 4.90 Å². The summed E-state index contributed by atoms with van der Waals surface area (Å²) in [5.74, 6) is -0.313. The third-order valence-electron chi connectivity index (χ3n) is 3.50. The first-order valence-electron chi connectivity index (χ1n) is 6.98. The summed E-state index contributed by atoms with van der Waals surface area (Å²) in [4.78, 5) is 25.9. The number of hydrogen-bond donors (Lipinski definition) is 1. The summed E-state index contributed by atoms with van der Waals surface area (Å²) < 4.78 is 0. The highest BCUT2D eigenvalue weighted by molar-refractivity contribution is 6.03. The second-order valence-corrected chi connectivity index (χ2v) is 4.90. The van der Waals surface area contributed by atoms with Crippen LogP contribution in [0.2, 0.25) is 0 Å². The summed E-state index contributed by atoms with van der Waals surface area (Å²) in [6.07, 6.45) is 2.19. The van der Waals surface area contributed by atoms with Gasteiger partial charge in [0.1, 0.15) is 0 Å². The minimum atomic E-state index is -0.300. The highest BCUT2D eigenvalue weighted by Crippen LogP contribution is 2.34. The molecule has 4 heteroatoms. The SMILES string of the molecule is CC[C@H]1C(=O)N(CC)c2ccccc2N/C1=C\C(C)=O. The Balaban J connectivity index is 2.57. The molecule has 0 radical (unpaired) electrons. The first kappa shape index (κ1) is 14.3. The predicted molar refractivity (Wildman–Crippen MR) is 80.6 cm³/mol. The topological polar surface area (TPSA) is 49.4 Å². The molecule has 0 saturated carbocycles. The number of rotatable bonds is 3. The number of nitrogens with one attached hydrogen (secondary N) is 1. The number of ketones is 1. The van der Waals surface area contributed by atoms with Crippen molar-refractivity contribution in [3.8, 4) is 0 Å². The second-order valence-electron chi connectivity index (χ2n) is 4.90. The van der Waals surface area contributed by atoms with E-state index >= 15 is 0 Å². The monoisotopic (exact) mass is 272 g/mol. The summed E-state index contributed by atoms with van der Waals surface area (Å²) in [5.41, 5.74) is 2.42. The average Bonchev–Trinajstić information content (AvgIpc) is 2.51. The zero-order chi connectivity index (χ0) is 14.7. The summed E-state index contributed by atoms with van der Waals surface area (Å²) in [6.45, 7) is 6.03. The fourth-order valence-corrected chi connectivity index (χ4v) is 2.57. The molecule has 0 saturated heterocycles. The molecule has 0 aliphatic carbocycles. The van der Waals surface area contributed by atoms with Crippen LogP contribution in [-0.4, -0.2) is 18.2 Å². The van der Waals surface area contributed by atoms with Gasteiger partial charge in [-0.3, -0.25) is 9.59 Å². The quantitative estimate of drug-likeness (QED) is 0.861. The Morgan fingerprint density at radius 2 is 2.05 bits per heavy atom. The molecule has 1 amide bonds. The number of nitrogens with zero attached hydrogens (tertiary/aromatic N) is 1. The van der Waals surface area contributed by atoms with Crippen molar-refractivity contribution in [3.63, 3.8) is 0 Å². The van der Waals surface area contributed by atoms with Crippen LogP contribution in [-0.2, 0) is 9.59 Å². The maximum absolute atomic E-state index is 12.7. The molecule has 20 heavy (non-hydrogen) atoms. The van der Waals surface area contributed by atoms with Gasteiger partial charge in [0, 0.05) is 18.3 Å². The van der Waals surface area contributed by atoms with Gasteiger partial charge >= 0.3 is 0 Å². The number of benzene rings is 1. The van der Waals surface area contributed by atoms with Crippen LogP contribution in [0.15, 0.2) is 36.0 Å². The van der Waals surface area contributed by atoms with Gasteiger partial charge in [0.2, 0.25) is 5.91 Å².